The number of nitrogens with two attached hydrogens (primary N) is 1. The van der Waals surface area contributed by atoms with Crippen LogP contribution in [0.15, 0.2) is 18.2 Å². The van der Waals surface area contributed by atoms with Gasteiger partial charge in [0, 0.05) is 24.3 Å². The van der Waals surface area contributed by atoms with Gasteiger partial charge < -0.3 is 16.0 Å². The second kappa shape index (κ2) is 6.02. The predicted octanol–water partition coefficient (Wildman–Crippen LogP) is 1.73. The number of carbonyl (C=O) groups excluding carboxylic acids is 1. The first kappa shape index (κ1) is 15.4. The van der Waals surface area contributed by atoms with Gasteiger partial charge in [-0.15, -0.1) is 0 Å². The van der Waals surface area contributed by atoms with E-state index in [1.807, 2.05) is 14.1 Å². The number of nitrogens with zero attached hydrogens (tertiary/aromatic N) is 1. The van der Waals surface area contributed by atoms with Crippen LogP contribution in [0.3, 0.4) is 0 Å². The fourth-order valence-corrected chi connectivity index (χ4v) is 2.08. The van der Waals surface area contributed by atoms with Crippen LogP contribution >= 0.6 is 0 Å². The van der Waals surface area contributed by atoms with Gasteiger partial charge in [0.25, 0.3) is 5.91 Å². The Morgan fingerprint density at radius 2 is 2.00 bits per heavy atom. The minimum Gasteiger partial charge on any atom is -0.399 e. The highest BCUT2D eigenvalue weighted by atomic mass is 19.1. The van der Waals surface area contributed by atoms with Gasteiger partial charge in [-0.1, -0.05) is 13.8 Å². The van der Waals surface area contributed by atoms with E-state index in [-0.39, 0.29) is 22.6 Å². The van der Waals surface area contributed by atoms with Crippen LogP contribution in [0.25, 0.3) is 0 Å². The molecule has 0 aliphatic carbocycles. The van der Waals surface area contributed by atoms with E-state index in [4.69, 9.17) is 5.73 Å². The van der Waals surface area contributed by atoms with Crippen LogP contribution in [0.1, 0.15) is 24.2 Å². The van der Waals surface area contributed by atoms with Crippen molar-refractivity contribution < 1.29 is 9.18 Å². The summed E-state index contributed by atoms with van der Waals surface area (Å²) in [5, 5.41) is 2.81. The molecule has 5 heteroatoms. The summed E-state index contributed by atoms with van der Waals surface area (Å²) in [5.41, 5.74) is 5.96. The first-order valence-corrected chi connectivity index (χ1v) is 6.19. The lowest BCUT2D eigenvalue weighted by Crippen LogP contribution is -2.40. The van der Waals surface area contributed by atoms with Crippen molar-refractivity contribution in [1.29, 1.82) is 0 Å². The number of anilines is 1. The highest BCUT2D eigenvalue weighted by Gasteiger charge is 2.20. The molecule has 3 N–H and O–H groups in total. The monoisotopic (exact) mass is 267 g/mol. The molecule has 0 unspecified atom stereocenters. The topological polar surface area (TPSA) is 58.4 Å². The summed E-state index contributed by atoms with van der Waals surface area (Å²) in [6, 6.07) is 3.84. The average molecular weight is 267 g/mol. The van der Waals surface area contributed by atoms with Gasteiger partial charge >= 0.3 is 0 Å². The molecular formula is C14H22FN3O. The summed E-state index contributed by atoms with van der Waals surface area (Å²) < 4.78 is 13.2. The molecule has 0 aliphatic heterocycles. The molecule has 0 radical (unpaired) electrons. The van der Waals surface area contributed by atoms with Gasteiger partial charge in [0.15, 0.2) is 0 Å². The minimum absolute atomic E-state index is 0.0575. The highest BCUT2D eigenvalue weighted by molar-refractivity contribution is 5.95. The highest BCUT2D eigenvalue weighted by Crippen LogP contribution is 2.15. The van der Waals surface area contributed by atoms with Crippen molar-refractivity contribution in [2.24, 2.45) is 5.41 Å². The number of amides is 1. The van der Waals surface area contributed by atoms with Crippen LogP contribution < -0.4 is 11.1 Å². The molecule has 0 saturated carbocycles. The maximum absolute atomic E-state index is 13.2. The van der Waals surface area contributed by atoms with E-state index in [1.54, 1.807) is 0 Å². The molecule has 0 fully saturated rings. The summed E-state index contributed by atoms with van der Waals surface area (Å²) in [6.45, 7) is 5.49. The van der Waals surface area contributed by atoms with E-state index in [1.165, 1.54) is 18.2 Å². The van der Waals surface area contributed by atoms with Crippen LogP contribution in [0, 0.1) is 11.2 Å². The van der Waals surface area contributed by atoms with Crippen molar-refractivity contribution in [3.8, 4) is 0 Å². The van der Waals surface area contributed by atoms with E-state index >= 15 is 0 Å². The van der Waals surface area contributed by atoms with Crippen LogP contribution in [-0.4, -0.2) is 38.0 Å². The van der Waals surface area contributed by atoms with Gasteiger partial charge in [-0.25, -0.2) is 4.39 Å². The third-order valence-corrected chi connectivity index (χ3v) is 2.65. The van der Waals surface area contributed by atoms with Gasteiger partial charge in [0.1, 0.15) is 5.82 Å². The number of nitrogen functional groups attached to an aromatic ring is 1. The summed E-state index contributed by atoms with van der Waals surface area (Å²) in [4.78, 5) is 14.0. The third-order valence-electron chi connectivity index (χ3n) is 2.65. The maximum Gasteiger partial charge on any atom is 0.251 e. The molecule has 0 aromatic heterocycles. The smallest absolute Gasteiger partial charge is 0.251 e. The van der Waals surface area contributed by atoms with E-state index in [9.17, 15) is 9.18 Å². The largest absolute Gasteiger partial charge is 0.399 e. The molecular weight excluding hydrogens is 245 g/mol. The first-order valence-electron chi connectivity index (χ1n) is 6.19. The zero-order valence-corrected chi connectivity index (χ0v) is 12.0. The second-order valence-corrected chi connectivity index (χ2v) is 5.86. The zero-order chi connectivity index (χ0) is 14.6. The lowest BCUT2D eigenvalue weighted by atomic mass is 9.93. The lowest BCUT2D eigenvalue weighted by Gasteiger charge is -2.28. The number of hydrogen-bond acceptors (Lipinski definition) is 3. The molecule has 1 aromatic carbocycles. The van der Waals surface area contributed by atoms with Crippen molar-refractivity contribution in [2.75, 3.05) is 32.9 Å². The Morgan fingerprint density at radius 3 is 2.53 bits per heavy atom. The molecule has 1 amide bonds. The molecule has 4 nitrogen and oxygen atoms in total. The van der Waals surface area contributed by atoms with Gasteiger partial charge in [0.05, 0.1) is 0 Å². The lowest BCUT2D eigenvalue weighted by molar-refractivity contribution is 0.0929. The molecule has 1 aromatic rings. The van der Waals surface area contributed by atoms with Crippen molar-refractivity contribution in [3.63, 3.8) is 0 Å². The summed E-state index contributed by atoms with van der Waals surface area (Å²) in [6.07, 6.45) is 0. The Hall–Kier alpha value is -1.62. The van der Waals surface area contributed by atoms with Gasteiger partial charge in [-0.3, -0.25) is 4.79 Å². The van der Waals surface area contributed by atoms with Crippen LogP contribution in [0.4, 0.5) is 10.1 Å². The number of carbonyl (C=O) groups is 1. The second-order valence-electron chi connectivity index (χ2n) is 5.86. The normalized spacial score (nSPS) is 11.7. The Morgan fingerprint density at radius 1 is 1.37 bits per heavy atom. The van der Waals surface area contributed by atoms with Crippen LogP contribution in [0.2, 0.25) is 0 Å². The molecule has 106 valence electrons. The average Bonchev–Trinajstić information content (AvgIpc) is 2.22. The van der Waals surface area contributed by atoms with Gasteiger partial charge in [-0.2, -0.15) is 0 Å². The number of hydrogen-bond donors (Lipinski definition) is 2. The van der Waals surface area contributed by atoms with Crippen molar-refractivity contribution in [1.82, 2.24) is 10.2 Å². The van der Waals surface area contributed by atoms with Gasteiger partial charge in [-0.05, 0) is 37.7 Å². The number of rotatable bonds is 5. The number of halogens is 1. The Kier molecular flexibility index (Phi) is 4.89. The SMILES string of the molecule is CN(C)CC(C)(C)CNC(=O)c1cc(N)cc(F)c1. The Bertz CT molecular complexity index is 438. The van der Waals surface area contributed by atoms with Crippen LogP contribution in [0.5, 0.6) is 0 Å². The summed E-state index contributed by atoms with van der Waals surface area (Å²) >= 11 is 0. The Labute approximate surface area is 113 Å². The number of benzene rings is 1. The molecule has 19 heavy (non-hydrogen) atoms. The predicted molar refractivity (Wildman–Crippen MR) is 75.5 cm³/mol. The maximum atomic E-state index is 13.2. The van der Waals surface area contributed by atoms with Crippen molar-refractivity contribution in [3.05, 3.63) is 29.6 Å². The molecule has 0 atom stereocenters. The quantitative estimate of drug-likeness (QED) is 0.799. The molecule has 0 heterocycles. The number of nitrogens with one attached hydrogen (secondary N) is 1. The zero-order valence-electron chi connectivity index (χ0n) is 12.0. The van der Waals surface area contributed by atoms with E-state index < -0.39 is 5.82 Å². The van der Waals surface area contributed by atoms with Crippen LogP contribution in [-0.2, 0) is 0 Å². The molecule has 1 rings (SSSR count). The van der Waals surface area contributed by atoms with Gasteiger partial charge in [0.2, 0.25) is 0 Å². The van der Waals surface area contributed by atoms with Crippen molar-refractivity contribution >= 4 is 11.6 Å². The fourth-order valence-electron chi connectivity index (χ4n) is 2.08. The molecule has 0 aliphatic rings. The minimum atomic E-state index is -0.502. The van der Waals surface area contributed by atoms with Crippen molar-refractivity contribution in [2.45, 2.75) is 13.8 Å². The summed E-state index contributed by atoms with van der Waals surface area (Å²) in [5.74, 6) is -0.810. The molecule has 0 saturated heterocycles. The van der Waals surface area contributed by atoms with E-state index in [2.05, 4.69) is 24.1 Å². The summed E-state index contributed by atoms with van der Waals surface area (Å²) in [7, 11) is 3.97. The van der Waals surface area contributed by atoms with E-state index in [0.29, 0.717) is 6.54 Å². The third kappa shape index (κ3) is 5.26. The molecule has 0 bridgehead atoms. The first-order chi connectivity index (χ1) is 8.69. The molecule has 0 spiro atoms. The van der Waals surface area contributed by atoms with E-state index in [0.717, 1.165) is 6.54 Å². The Balaban J connectivity index is 2.65. The standard InChI is InChI=1S/C14H22FN3O/c1-14(2,9-18(3)4)8-17-13(19)10-5-11(15)7-12(16)6-10/h5-7H,8-9,16H2,1-4H3,(H,17,19). The fraction of sp³-hybridized carbons (Fsp3) is 0.500.